The summed E-state index contributed by atoms with van der Waals surface area (Å²) in [6, 6.07) is 18.7. The monoisotopic (exact) mass is 449 g/mol. The van der Waals surface area contributed by atoms with Crippen LogP contribution in [0.2, 0.25) is 0 Å². The van der Waals surface area contributed by atoms with Crippen molar-refractivity contribution in [2.45, 2.75) is 31.9 Å². The van der Waals surface area contributed by atoms with E-state index in [2.05, 4.69) is 20.8 Å². The number of pyridine rings is 1. The van der Waals surface area contributed by atoms with Crippen LogP contribution in [0.5, 0.6) is 11.5 Å². The Hall–Kier alpha value is -3.32. The molecule has 0 saturated carbocycles. The van der Waals surface area contributed by atoms with E-state index in [-0.39, 0.29) is 11.2 Å². The number of hydrogen-bond donors (Lipinski definition) is 1. The van der Waals surface area contributed by atoms with E-state index in [0.717, 1.165) is 22.6 Å². The van der Waals surface area contributed by atoms with Crippen molar-refractivity contribution in [3.05, 3.63) is 78.1 Å². The van der Waals surface area contributed by atoms with Crippen LogP contribution in [-0.2, 0) is 21.0 Å². The molecule has 2 heterocycles. The van der Waals surface area contributed by atoms with Gasteiger partial charge in [0.1, 0.15) is 11.5 Å². The second kappa shape index (κ2) is 7.98. The van der Waals surface area contributed by atoms with Crippen LogP contribution in [0, 0.1) is 0 Å². The first-order chi connectivity index (χ1) is 15.0. The summed E-state index contributed by atoms with van der Waals surface area (Å²) in [5.74, 6) is 1.21. The molecule has 0 bridgehead atoms. The van der Waals surface area contributed by atoms with E-state index < -0.39 is 9.84 Å². The van der Waals surface area contributed by atoms with Crippen molar-refractivity contribution in [3.63, 3.8) is 0 Å². The molecular weight excluding hydrogens is 422 g/mol. The first-order valence-corrected chi connectivity index (χ1v) is 12.4. The number of nitrogens with zero attached hydrogens (tertiary/aromatic N) is 2. The molecule has 0 fully saturated rings. The van der Waals surface area contributed by atoms with Gasteiger partial charge in [0, 0.05) is 23.4 Å². The minimum atomic E-state index is -3.12. The van der Waals surface area contributed by atoms with Crippen LogP contribution in [0.4, 0.5) is 5.69 Å². The Morgan fingerprint density at radius 3 is 2.38 bits per heavy atom. The normalized spacial score (nSPS) is 12.2. The summed E-state index contributed by atoms with van der Waals surface area (Å²) in [5, 5.41) is 0. The topological polar surface area (TPSA) is 86.7 Å². The molecule has 0 aliphatic carbocycles. The molecule has 0 radical (unpaired) electrons. The smallest absolute Gasteiger partial charge is 0.160 e. The molecule has 0 aliphatic rings. The molecule has 2 aromatic heterocycles. The molecule has 0 amide bonds. The lowest BCUT2D eigenvalue weighted by Gasteiger charge is -2.18. The fourth-order valence-electron chi connectivity index (χ4n) is 3.73. The van der Waals surface area contributed by atoms with Gasteiger partial charge in [-0.15, -0.1) is 0 Å². The van der Waals surface area contributed by atoms with Gasteiger partial charge < -0.3 is 10.5 Å². The lowest BCUT2D eigenvalue weighted by molar-refractivity contribution is 0.482. The van der Waals surface area contributed by atoms with Crippen LogP contribution in [0.15, 0.2) is 66.9 Å². The molecule has 2 N–H and O–H groups in total. The Labute approximate surface area is 188 Å². The van der Waals surface area contributed by atoms with Gasteiger partial charge >= 0.3 is 0 Å². The molecule has 166 valence electrons. The standard InChI is InChI=1S/C25H27N3O3S/c1-25(2,3)23-22(28-13-7-12-21(26)24(28)27-23)18-9-6-11-20(15-18)31-19-10-5-8-17(14-19)16-32(4,29)30/h5-15H,16,26H2,1-4H3. The number of anilines is 1. The van der Waals surface area contributed by atoms with E-state index in [1.807, 2.05) is 53.1 Å². The van der Waals surface area contributed by atoms with Gasteiger partial charge in [0.25, 0.3) is 0 Å². The fraction of sp³-hybridized carbons (Fsp3) is 0.240. The minimum absolute atomic E-state index is 0.0254. The van der Waals surface area contributed by atoms with Crippen LogP contribution in [0.3, 0.4) is 0 Å². The van der Waals surface area contributed by atoms with Gasteiger partial charge in [-0.05, 0) is 42.0 Å². The Bertz CT molecular complexity index is 1400. The van der Waals surface area contributed by atoms with Crippen LogP contribution in [0.1, 0.15) is 32.0 Å². The van der Waals surface area contributed by atoms with E-state index in [1.54, 1.807) is 18.2 Å². The zero-order chi connectivity index (χ0) is 23.1. The second-order valence-corrected chi connectivity index (χ2v) is 11.2. The number of sulfone groups is 1. The van der Waals surface area contributed by atoms with E-state index >= 15 is 0 Å². The number of nitrogen functional groups attached to an aromatic ring is 1. The van der Waals surface area contributed by atoms with Crippen LogP contribution in [-0.4, -0.2) is 24.1 Å². The summed E-state index contributed by atoms with van der Waals surface area (Å²) < 4.78 is 31.4. The summed E-state index contributed by atoms with van der Waals surface area (Å²) in [4.78, 5) is 4.86. The zero-order valence-corrected chi connectivity index (χ0v) is 19.5. The van der Waals surface area contributed by atoms with Crippen molar-refractivity contribution < 1.29 is 13.2 Å². The summed E-state index contributed by atoms with van der Waals surface area (Å²) in [6.45, 7) is 6.38. The van der Waals surface area contributed by atoms with Crippen LogP contribution >= 0.6 is 0 Å². The van der Waals surface area contributed by atoms with Crippen molar-refractivity contribution in [3.8, 4) is 22.8 Å². The average Bonchev–Trinajstić information content (AvgIpc) is 3.09. The number of imidazole rings is 1. The van der Waals surface area contributed by atoms with Gasteiger partial charge in [-0.3, -0.25) is 4.40 Å². The summed E-state index contributed by atoms with van der Waals surface area (Å²) in [7, 11) is -3.12. The Morgan fingerprint density at radius 2 is 1.69 bits per heavy atom. The lowest BCUT2D eigenvalue weighted by Crippen LogP contribution is -2.13. The summed E-state index contributed by atoms with van der Waals surface area (Å²) in [6.07, 6.45) is 3.19. The molecule has 4 aromatic rings. The van der Waals surface area contributed by atoms with Gasteiger partial charge in [0.15, 0.2) is 15.5 Å². The number of ether oxygens (including phenoxy) is 1. The molecule has 2 aromatic carbocycles. The fourth-order valence-corrected chi connectivity index (χ4v) is 4.52. The van der Waals surface area contributed by atoms with Crippen molar-refractivity contribution in [2.75, 3.05) is 12.0 Å². The third kappa shape index (κ3) is 4.62. The number of nitrogens with two attached hydrogens (primary N) is 1. The highest BCUT2D eigenvalue weighted by molar-refractivity contribution is 7.89. The number of fused-ring (bicyclic) bond motifs is 1. The molecule has 32 heavy (non-hydrogen) atoms. The van der Waals surface area contributed by atoms with E-state index in [1.165, 1.54) is 6.26 Å². The van der Waals surface area contributed by atoms with Gasteiger partial charge in [0.05, 0.1) is 22.8 Å². The van der Waals surface area contributed by atoms with Gasteiger partial charge in [-0.2, -0.15) is 0 Å². The highest BCUT2D eigenvalue weighted by Crippen LogP contribution is 2.36. The van der Waals surface area contributed by atoms with E-state index in [0.29, 0.717) is 22.7 Å². The molecule has 0 atom stereocenters. The van der Waals surface area contributed by atoms with E-state index in [4.69, 9.17) is 15.5 Å². The molecule has 0 aliphatic heterocycles. The molecule has 0 saturated heterocycles. The molecular formula is C25H27N3O3S. The molecule has 0 unspecified atom stereocenters. The Balaban J connectivity index is 1.76. The molecule has 4 rings (SSSR count). The van der Waals surface area contributed by atoms with Gasteiger partial charge in [-0.25, -0.2) is 13.4 Å². The summed E-state index contributed by atoms with van der Waals surface area (Å²) in [5.41, 5.74) is 10.9. The maximum absolute atomic E-state index is 11.6. The predicted molar refractivity (Wildman–Crippen MR) is 129 cm³/mol. The maximum atomic E-state index is 11.6. The lowest BCUT2D eigenvalue weighted by atomic mass is 9.89. The van der Waals surface area contributed by atoms with Gasteiger partial charge in [-0.1, -0.05) is 45.0 Å². The number of rotatable bonds is 5. The van der Waals surface area contributed by atoms with Crippen LogP contribution < -0.4 is 10.5 Å². The highest BCUT2D eigenvalue weighted by atomic mass is 32.2. The first-order valence-electron chi connectivity index (χ1n) is 10.3. The Morgan fingerprint density at radius 1 is 1.00 bits per heavy atom. The van der Waals surface area contributed by atoms with Crippen LogP contribution in [0.25, 0.3) is 16.9 Å². The largest absolute Gasteiger partial charge is 0.457 e. The zero-order valence-electron chi connectivity index (χ0n) is 18.7. The average molecular weight is 450 g/mol. The maximum Gasteiger partial charge on any atom is 0.160 e. The summed E-state index contributed by atoms with van der Waals surface area (Å²) >= 11 is 0. The third-order valence-electron chi connectivity index (χ3n) is 5.06. The third-order valence-corrected chi connectivity index (χ3v) is 5.92. The van der Waals surface area contributed by atoms with Crippen molar-refractivity contribution in [1.29, 1.82) is 0 Å². The molecule has 6 nitrogen and oxygen atoms in total. The predicted octanol–water partition coefficient (Wildman–Crippen LogP) is 5.22. The minimum Gasteiger partial charge on any atom is -0.457 e. The van der Waals surface area contributed by atoms with Crippen molar-refractivity contribution in [1.82, 2.24) is 9.38 Å². The van der Waals surface area contributed by atoms with Gasteiger partial charge in [0.2, 0.25) is 0 Å². The Kier molecular flexibility index (Phi) is 5.46. The van der Waals surface area contributed by atoms with Crippen molar-refractivity contribution >= 4 is 21.2 Å². The number of benzene rings is 2. The number of hydrogen-bond acceptors (Lipinski definition) is 5. The first kappa shape index (κ1) is 21.9. The quantitative estimate of drug-likeness (QED) is 0.451. The molecule has 7 heteroatoms. The number of aromatic nitrogens is 2. The molecule has 0 spiro atoms. The SMILES string of the molecule is CC(C)(C)c1nc2c(N)cccn2c1-c1cccc(Oc2cccc(CS(C)(=O)=O)c2)c1. The van der Waals surface area contributed by atoms with E-state index in [9.17, 15) is 8.42 Å². The highest BCUT2D eigenvalue weighted by Gasteiger charge is 2.25. The second-order valence-electron chi connectivity index (χ2n) is 9.06. The van der Waals surface area contributed by atoms with Crippen molar-refractivity contribution in [2.24, 2.45) is 0 Å².